The van der Waals surface area contributed by atoms with Crippen LogP contribution >= 0.6 is 22.9 Å². The van der Waals surface area contributed by atoms with Gasteiger partial charge in [0.15, 0.2) is 0 Å². The molecule has 4 heteroatoms. The Bertz CT molecular complexity index is 299. The molecule has 1 aromatic rings. The predicted molar refractivity (Wildman–Crippen MR) is 66.7 cm³/mol. The summed E-state index contributed by atoms with van der Waals surface area (Å²) in [7, 11) is 0. The van der Waals surface area contributed by atoms with Gasteiger partial charge in [-0.3, -0.25) is 0 Å². The second-order valence-electron chi connectivity index (χ2n) is 4.00. The molecule has 0 aliphatic carbocycles. The molecule has 0 aliphatic rings. The van der Waals surface area contributed by atoms with Crippen LogP contribution < -0.4 is 5.32 Å². The Morgan fingerprint density at radius 1 is 1.47 bits per heavy atom. The van der Waals surface area contributed by atoms with Crippen LogP contribution in [0, 0.1) is 0 Å². The number of thiophene rings is 1. The van der Waals surface area contributed by atoms with Crippen molar-refractivity contribution >= 4 is 22.9 Å². The van der Waals surface area contributed by atoms with Crippen LogP contribution in [0.15, 0.2) is 12.1 Å². The molecule has 0 unspecified atom stereocenters. The number of hydrogen-bond donors (Lipinski definition) is 1. The Balaban J connectivity index is 2.27. The zero-order valence-electron chi connectivity index (χ0n) is 9.47. The summed E-state index contributed by atoms with van der Waals surface area (Å²) in [5.41, 5.74) is -0.101. The molecule has 1 rings (SSSR count). The molecule has 0 amide bonds. The van der Waals surface area contributed by atoms with Gasteiger partial charge in [-0.2, -0.15) is 0 Å². The highest BCUT2D eigenvalue weighted by atomic mass is 35.5. The van der Waals surface area contributed by atoms with Crippen molar-refractivity contribution in [1.82, 2.24) is 5.32 Å². The van der Waals surface area contributed by atoms with Gasteiger partial charge in [0.2, 0.25) is 0 Å². The minimum Gasteiger partial charge on any atom is -0.375 e. The summed E-state index contributed by atoms with van der Waals surface area (Å²) < 4.78 is 6.43. The van der Waals surface area contributed by atoms with Crippen molar-refractivity contribution in [2.75, 3.05) is 13.2 Å². The van der Waals surface area contributed by atoms with Gasteiger partial charge < -0.3 is 10.1 Å². The van der Waals surface area contributed by atoms with Crippen molar-refractivity contribution in [3.8, 4) is 0 Å². The summed E-state index contributed by atoms with van der Waals surface area (Å²) in [6.45, 7) is 8.64. The first kappa shape index (κ1) is 13.0. The van der Waals surface area contributed by atoms with Crippen LogP contribution in [0.25, 0.3) is 0 Å². The molecule has 0 saturated heterocycles. The van der Waals surface area contributed by atoms with E-state index in [0.29, 0.717) is 0 Å². The van der Waals surface area contributed by atoms with Gasteiger partial charge in [-0.15, -0.1) is 11.3 Å². The summed E-state index contributed by atoms with van der Waals surface area (Å²) in [5, 5.41) is 3.37. The minimum absolute atomic E-state index is 0.101. The zero-order chi connectivity index (χ0) is 11.3. The van der Waals surface area contributed by atoms with Gasteiger partial charge in [0.25, 0.3) is 0 Å². The smallest absolute Gasteiger partial charge is 0.0931 e. The third-order valence-electron chi connectivity index (χ3n) is 2.01. The summed E-state index contributed by atoms with van der Waals surface area (Å²) in [6.07, 6.45) is 0. The van der Waals surface area contributed by atoms with Gasteiger partial charge in [0.05, 0.1) is 9.94 Å². The molecule has 0 fully saturated rings. The summed E-state index contributed by atoms with van der Waals surface area (Å²) in [5.74, 6) is 0. The lowest BCUT2D eigenvalue weighted by Crippen LogP contribution is -2.37. The number of rotatable bonds is 6. The molecule has 0 spiro atoms. The van der Waals surface area contributed by atoms with Crippen molar-refractivity contribution < 1.29 is 4.74 Å². The van der Waals surface area contributed by atoms with Gasteiger partial charge in [0.1, 0.15) is 0 Å². The van der Waals surface area contributed by atoms with Crippen LogP contribution in [0.1, 0.15) is 25.6 Å². The van der Waals surface area contributed by atoms with Crippen LogP contribution in [0.3, 0.4) is 0 Å². The lowest BCUT2D eigenvalue weighted by atomic mass is 10.1. The van der Waals surface area contributed by atoms with E-state index in [1.165, 1.54) is 4.88 Å². The first-order valence-electron chi connectivity index (χ1n) is 5.12. The Morgan fingerprint density at radius 3 is 2.73 bits per heavy atom. The second kappa shape index (κ2) is 5.85. The van der Waals surface area contributed by atoms with Crippen LogP contribution in [0.4, 0.5) is 0 Å². The molecule has 0 aliphatic heterocycles. The molecule has 1 N–H and O–H groups in total. The highest BCUT2D eigenvalue weighted by molar-refractivity contribution is 7.16. The van der Waals surface area contributed by atoms with E-state index in [1.807, 2.05) is 19.1 Å². The average Bonchev–Trinajstić information content (AvgIpc) is 2.51. The number of ether oxygens (including phenoxy) is 1. The van der Waals surface area contributed by atoms with E-state index in [-0.39, 0.29) is 5.60 Å². The van der Waals surface area contributed by atoms with E-state index in [9.17, 15) is 0 Å². The van der Waals surface area contributed by atoms with Crippen LogP contribution in [-0.4, -0.2) is 18.8 Å². The fourth-order valence-electron chi connectivity index (χ4n) is 1.38. The van der Waals surface area contributed by atoms with Crippen molar-refractivity contribution in [1.29, 1.82) is 0 Å². The molecule has 15 heavy (non-hydrogen) atoms. The molecule has 0 radical (unpaired) electrons. The van der Waals surface area contributed by atoms with Gasteiger partial charge in [0, 0.05) is 24.6 Å². The van der Waals surface area contributed by atoms with Crippen molar-refractivity contribution in [2.45, 2.75) is 32.9 Å². The molecule has 0 bridgehead atoms. The molecule has 0 atom stereocenters. The Labute approximate surface area is 101 Å². The molecule has 1 heterocycles. The first-order valence-corrected chi connectivity index (χ1v) is 6.32. The molecule has 0 aromatic carbocycles. The quantitative estimate of drug-likeness (QED) is 0.833. The molecule has 2 nitrogen and oxygen atoms in total. The van der Waals surface area contributed by atoms with Gasteiger partial charge in [-0.05, 0) is 32.9 Å². The third-order valence-corrected chi connectivity index (χ3v) is 3.25. The highest BCUT2D eigenvalue weighted by Crippen LogP contribution is 2.21. The van der Waals surface area contributed by atoms with E-state index in [0.717, 1.165) is 24.0 Å². The zero-order valence-corrected chi connectivity index (χ0v) is 11.0. The molecular formula is C11H18ClNOS. The maximum absolute atomic E-state index is 5.85. The lowest BCUT2D eigenvalue weighted by molar-refractivity contribution is -0.00893. The monoisotopic (exact) mass is 247 g/mol. The number of hydrogen-bond acceptors (Lipinski definition) is 3. The number of halogens is 1. The number of nitrogens with one attached hydrogen (secondary N) is 1. The average molecular weight is 248 g/mol. The van der Waals surface area contributed by atoms with Crippen LogP contribution in [-0.2, 0) is 11.3 Å². The SMILES string of the molecule is CCOC(C)(C)CNCc1ccc(Cl)s1. The summed E-state index contributed by atoms with van der Waals surface area (Å²) in [4.78, 5) is 1.26. The predicted octanol–water partition coefficient (Wildman–Crippen LogP) is 3.31. The van der Waals surface area contributed by atoms with E-state index >= 15 is 0 Å². The third kappa shape index (κ3) is 4.98. The standard InChI is InChI=1S/C11H18ClNOS/c1-4-14-11(2,3)8-13-7-9-5-6-10(12)15-9/h5-6,13H,4,7-8H2,1-3H3. The van der Waals surface area contributed by atoms with E-state index in [2.05, 4.69) is 19.2 Å². The largest absolute Gasteiger partial charge is 0.375 e. The molecule has 0 saturated carbocycles. The fourth-order valence-corrected chi connectivity index (χ4v) is 2.43. The Morgan fingerprint density at radius 2 is 2.20 bits per heavy atom. The van der Waals surface area contributed by atoms with Crippen molar-refractivity contribution in [3.05, 3.63) is 21.3 Å². The topological polar surface area (TPSA) is 21.3 Å². The molecule has 1 aromatic heterocycles. The second-order valence-corrected chi connectivity index (χ2v) is 5.80. The van der Waals surface area contributed by atoms with E-state index in [1.54, 1.807) is 11.3 Å². The first-order chi connectivity index (χ1) is 7.03. The summed E-state index contributed by atoms with van der Waals surface area (Å²) in [6, 6.07) is 3.98. The van der Waals surface area contributed by atoms with Gasteiger partial charge >= 0.3 is 0 Å². The lowest BCUT2D eigenvalue weighted by Gasteiger charge is -2.24. The normalized spacial score (nSPS) is 12.0. The molecular weight excluding hydrogens is 230 g/mol. The van der Waals surface area contributed by atoms with E-state index < -0.39 is 0 Å². The van der Waals surface area contributed by atoms with Crippen molar-refractivity contribution in [3.63, 3.8) is 0 Å². The maximum atomic E-state index is 5.85. The van der Waals surface area contributed by atoms with Crippen LogP contribution in [0.5, 0.6) is 0 Å². The van der Waals surface area contributed by atoms with Crippen LogP contribution in [0.2, 0.25) is 4.34 Å². The Kier molecular flexibility index (Phi) is 5.06. The minimum atomic E-state index is -0.101. The van der Waals surface area contributed by atoms with Gasteiger partial charge in [-0.25, -0.2) is 0 Å². The highest BCUT2D eigenvalue weighted by Gasteiger charge is 2.16. The van der Waals surface area contributed by atoms with Gasteiger partial charge in [-0.1, -0.05) is 11.6 Å². The Hall–Kier alpha value is -0.0900. The van der Waals surface area contributed by atoms with Crippen molar-refractivity contribution in [2.24, 2.45) is 0 Å². The van der Waals surface area contributed by atoms with E-state index in [4.69, 9.17) is 16.3 Å². The maximum Gasteiger partial charge on any atom is 0.0931 e. The fraction of sp³-hybridized carbons (Fsp3) is 0.636. The molecule has 86 valence electrons. The summed E-state index contributed by atoms with van der Waals surface area (Å²) >= 11 is 7.46.